The Labute approximate surface area is 48.9 Å². The first-order valence-corrected chi connectivity index (χ1v) is 2.68. The highest BCUT2D eigenvalue weighted by Crippen LogP contribution is 2.35. The summed E-state index contributed by atoms with van der Waals surface area (Å²) in [5, 5.41) is 0. The van der Waals surface area contributed by atoms with Crippen molar-refractivity contribution in [2.45, 2.75) is 18.6 Å². The molecule has 1 fully saturated rings. The molecule has 0 atom stereocenters. The molecular weight excluding hydrogens is 106 g/mol. The standard InChI is InChI=1S/C5H11NO2/c1-7-5(3-4-5)6-8-2/h6H,3-4H2,1-2H3. The Morgan fingerprint density at radius 2 is 2.00 bits per heavy atom. The molecule has 0 unspecified atom stereocenters. The molecule has 1 aliphatic carbocycles. The summed E-state index contributed by atoms with van der Waals surface area (Å²) in [6.45, 7) is 0. The second-order valence-electron chi connectivity index (χ2n) is 2.00. The zero-order chi connectivity index (χ0) is 6.04. The summed E-state index contributed by atoms with van der Waals surface area (Å²) in [6, 6.07) is 0. The normalized spacial score (nSPS) is 23.2. The minimum atomic E-state index is -0.130. The number of rotatable bonds is 3. The molecule has 1 saturated carbocycles. The summed E-state index contributed by atoms with van der Waals surface area (Å²) in [7, 11) is 3.28. The van der Waals surface area contributed by atoms with Gasteiger partial charge >= 0.3 is 0 Å². The Balaban J connectivity index is 2.20. The third kappa shape index (κ3) is 0.992. The summed E-state index contributed by atoms with van der Waals surface area (Å²) >= 11 is 0. The van der Waals surface area contributed by atoms with Gasteiger partial charge in [-0.25, -0.2) is 0 Å². The lowest BCUT2D eigenvalue weighted by molar-refractivity contribution is -0.0715. The van der Waals surface area contributed by atoms with Crippen LogP contribution in [0, 0.1) is 0 Å². The molecule has 1 rings (SSSR count). The average Bonchev–Trinajstić information content (AvgIpc) is 2.50. The lowest BCUT2D eigenvalue weighted by Crippen LogP contribution is -2.31. The van der Waals surface area contributed by atoms with E-state index in [9.17, 15) is 0 Å². The van der Waals surface area contributed by atoms with E-state index in [0.717, 1.165) is 12.8 Å². The molecule has 1 aliphatic rings. The van der Waals surface area contributed by atoms with Crippen LogP contribution < -0.4 is 5.48 Å². The van der Waals surface area contributed by atoms with Crippen molar-refractivity contribution in [1.29, 1.82) is 0 Å². The quantitative estimate of drug-likeness (QED) is 0.425. The van der Waals surface area contributed by atoms with E-state index in [2.05, 4.69) is 10.3 Å². The maximum absolute atomic E-state index is 5.05. The van der Waals surface area contributed by atoms with Crippen LogP contribution in [0.25, 0.3) is 0 Å². The van der Waals surface area contributed by atoms with Crippen molar-refractivity contribution in [2.75, 3.05) is 14.2 Å². The van der Waals surface area contributed by atoms with Gasteiger partial charge in [0.15, 0.2) is 0 Å². The summed E-state index contributed by atoms with van der Waals surface area (Å²) in [6.07, 6.45) is 2.11. The van der Waals surface area contributed by atoms with Gasteiger partial charge in [0.2, 0.25) is 0 Å². The molecule has 0 aromatic carbocycles. The second-order valence-corrected chi connectivity index (χ2v) is 2.00. The molecule has 0 heterocycles. The number of hydroxylamine groups is 1. The topological polar surface area (TPSA) is 30.5 Å². The lowest BCUT2D eigenvalue weighted by Gasteiger charge is -2.11. The van der Waals surface area contributed by atoms with Crippen LogP contribution in [0.1, 0.15) is 12.8 Å². The van der Waals surface area contributed by atoms with Crippen molar-refractivity contribution in [2.24, 2.45) is 0 Å². The highest BCUT2D eigenvalue weighted by Gasteiger charge is 2.43. The van der Waals surface area contributed by atoms with E-state index < -0.39 is 0 Å². The van der Waals surface area contributed by atoms with Crippen LogP contribution in [0.3, 0.4) is 0 Å². The fourth-order valence-electron chi connectivity index (χ4n) is 0.647. The van der Waals surface area contributed by atoms with Gasteiger partial charge in [-0.05, 0) is 12.8 Å². The van der Waals surface area contributed by atoms with Crippen LogP contribution in [-0.4, -0.2) is 19.9 Å². The molecule has 48 valence electrons. The maximum atomic E-state index is 5.05. The molecule has 3 nitrogen and oxygen atoms in total. The number of hydrogen-bond acceptors (Lipinski definition) is 3. The van der Waals surface area contributed by atoms with E-state index in [4.69, 9.17) is 4.74 Å². The monoisotopic (exact) mass is 117 g/mol. The minimum absolute atomic E-state index is 0.130. The third-order valence-corrected chi connectivity index (χ3v) is 1.38. The van der Waals surface area contributed by atoms with E-state index in [1.54, 1.807) is 14.2 Å². The molecular formula is C5H11NO2. The molecule has 1 N–H and O–H groups in total. The van der Waals surface area contributed by atoms with Crippen molar-refractivity contribution in [3.8, 4) is 0 Å². The Bertz CT molecular complexity index is 80.5. The molecule has 0 aromatic heterocycles. The molecule has 8 heavy (non-hydrogen) atoms. The Morgan fingerprint density at radius 3 is 2.12 bits per heavy atom. The molecule has 0 spiro atoms. The fraction of sp³-hybridized carbons (Fsp3) is 1.00. The van der Waals surface area contributed by atoms with Gasteiger partial charge in [-0.15, -0.1) is 0 Å². The summed E-state index contributed by atoms with van der Waals surface area (Å²) in [5.41, 5.74) is 2.63. The van der Waals surface area contributed by atoms with Crippen LogP contribution >= 0.6 is 0 Å². The number of methoxy groups -OCH3 is 1. The van der Waals surface area contributed by atoms with Crippen molar-refractivity contribution < 1.29 is 9.57 Å². The Kier molecular flexibility index (Phi) is 1.51. The van der Waals surface area contributed by atoms with Crippen molar-refractivity contribution in [3.63, 3.8) is 0 Å². The van der Waals surface area contributed by atoms with Gasteiger partial charge in [0.25, 0.3) is 0 Å². The van der Waals surface area contributed by atoms with E-state index in [0.29, 0.717) is 0 Å². The smallest absolute Gasteiger partial charge is 0.141 e. The van der Waals surface area contributed by atoms with Crippen LogP contribution in [0.4, 0.5) is 0 Å². The molecule has 0 bridgehead atoms. The van der Waals surface area contributed by atoms with E-state index in [-0.39, 0.29) is 5.72 Å². The predicted octanol–water partition coefficient (Wildman–Crippen LogP) is 0.274. The van der Waals surface area contributed by atoms with Gasteiger partial charge in [-0.3, -0.25) is 0 Å². The van der Waals surface area contributed by atoms with Gasteiger partial charge in [-0.2, -0.15) is 5.48 Å². The Hall–Kier alpha value is -0.120. The predicted molar refractivity (Wildman–Crippen MR) is 29.1 cm³/mol. The zero-order valence-electron chi connectivity index (χ0n) is 5.23. The first kappa shape index (κ1) is 6.01. The third-order valence-electron chi connectivity index (χ3n) is 1.38. The van der Waals surface area contributed by atoms with Crippen LogP contribution in [0.15, 0.2) is 0 Å². The summed E-state index contributed by atoms with van der Waals surface area (Å²) in [4.78, 5) is 4.69. The van der Waals surface area contributed by atoms with Crippen LogP contribution in [0.5, 0.6) is 0 Å². The first-order chi connectivity index (χ1) is 3.83. The largest absolute Gasteiger partial charge is 0.362 e. The fourth-order valence-corrected chi connectivity index (χ4v) is 0.647. The minimum Gasteiger partial charge on any atom is -0.362 e. The zero-order valence-corrected chi connectivity index (χ0v) is 5.23. The summed E-state index contributed by atoms with van der Waals surface area (Å²) in [5.74, 6) is 0. The van der Waals surface area contributed by atoms with E-state index in [1.807, 2.05) is 0 Å². The summed E-state index contributed by atoms with van der Waals surface area (Å²) < 4.78 is 5.05. The van der Waals surface area contributed by atoms with Crippen LogP contribution in [-0.2, 0) is 9.57 Å². The molecule has 3 heteroatoms. The van der Waals surface area contributed by atoms with Gasteiger partial charge < -0.3 is 9.57 Å². The van der Waals surface area contributed by atoms with Gasteiger partial charge in [0, 0.05) is 7.11 Å². The first-order valence-electron chi connectivity index (χ1n) is 2.68. The second kappa shape index (κ2) is 2.01. The number of nitrogens with one attached hydrogen (secondary N) is 1. The SMILES string of the molecule is CONC1(OC)CC1. The van der Waals surface area contributed by atoms with Gasteiger partial charge in [-0.1, -0.05) is 0 Å². The maximum Gasteiger partial charge on any atom is 0.141 e. The average molecular weight is 117 g/mol. The van der Waals surface area contributed by atoms with E-state index in [1.165, 1.54) is 0 Å². The van der Waals surface area contributed by atoms with Crippen molar-refractivity contribution >= 4 is 0 Å². The molecule has 0 amide bonds. The van der Waals surface area contributed by atoms with E-state index >= 15 is 0 Å². The molecule has 0 saturated heterocycles. The lowest BCUT2D eigenvalue weighted by atomic mass is 10.6. The van der Waals surface area contributed by atoms with Gasteiger partial charge in [0.1, 0.15) is 5.72 Å². The van der Waals surface area contributed by atoms with Crippen LogP contribution in [0.2, 0.25) is 0 Å². The molecule has 0 radical (unpaired) electrons. The highest BCUT2D eigenvalue weighted by molar-refractivity contribution is 4.89. The number of ether oxygens (including phenoxy) is 1. The molecule has 0 aromatic rings. The van der Waals surface area contributed by atoms with Crippen molar-refractivity contribution in [1.82, 2.24) is 5.48 Å². The number of hydrogen-bond donors (Lipinski definition) is 1. The highest BCUT2D eigenvalue weighted by atomic mass is 16.7. The van der Waals surface area contributed by atoms with Crippen molar-refractivity contribution in [3.05, 3.63) is 0 Å². The van der Waals surface area contributed by atoms with Gasteiger partial charge in [0.05, 0.1) is 7.11 Å². The molecule has 0 aliphatic heterocycles. The Morgan fingerprint density at radius 1 is 1.38 bits per heavy atom.